The lowest BCUT2D eigenvalue weighted by atomic mass is 10.1. The molecule has 1 aromatic rings. The van der Waals surface area contributed by atoms with Gasteiger partial charge in [0.15, 0.2) is 0 Å². The zero-order chi connectivity index (χ0) is 11.5. The molecule has 0 bridgehead atoms. The molecule has 0 spiro atoms. The van der Waals surface area contributed by atoms with E-state index in [0.29, 0.717) is 17.5 Å². The Morgan fingerprint density at radius 3 is 2.53 bits per heavy atom. The molecular weight excluding hydrogens is 212 g/mol. The van der Waals surface area contributed by atoms with Gasteiger partial charge in [-0.1, -0.05) is 31.5 Å². The molecule has 1 N–H and O–H groups in total. The average molecular weight is 228 g/mol. The van der Waals surface area contributed by atoms with Crippen molar-refractivity contribution < 1.29 is 13.0 Å². The van der Waals surface area contributed by atoms with E-state index >= 15 is 0 Å². The molecule has 0 aromatic heterocycles. The van der Waals surface area contributed by atoms with Crippen molar-refractivity contribution >= 4 is 10.1 Å². The first kappa shape index (κ1) is 12.2. The van der Waals surface area contributed by atoms with Crippen molar-refractivity contribution in [2.45, 2.75) is 38.0 Å². The highest BCUT2D eigenvalue weighted by molar-refractivity contribution is 7.86. The Morgan fingerprint density at radius 1 is 1.33 bits per heavy atom. The first-order valence-corrected chi connectivity index (χ1v) is 6.46. The maximum atomic E-state index is 11.2. The van der Waals surface area contributed by atoms with Crippen LogP contribution in [0.15, 0.2) is 23.1 Å². The molecule has 0 atom stereocenters. The second-order valence-corrected chi connectivity index (χ2v) is 5.00. The Labute approximate surface area is 90.9 Å². The summed E-state index contributed by atoms with van der Waals surface area (Å²) >= 11 is 0. The molecule has 0 unspecified atom stereocenters. The zero-order valence-corrected chi connectivity index (χ0v) is 9.84. The summed E-state index contributed by atoms with van der Waals surface area (Å²) in [6.45, 7) is 3.74. The van der Waals surface area contributed by atoms with Crippen molar-refractivity contribution in [3.63, 3.8) is 0 Å². The van der Waals surface area contributed by atoms with Crippen molar-refractivity contribution in [2.75, 3.05) is 0 Å². The van der Waals surface area contributed by atoms with Gasteiger partial charge in [0.2, 0.25) is 0 Å². The van der Waals surface area contributed by atoms with Gasteiger partial charge in [-0.3, -0.25) is 4.55 Å². The minimum atomic E-state index is -4.09. The molecule has 15 heavy (non-hydrogen) atoms. The third-order valence-electron chi connectivity index (χ3n) is 2.35. The van der Waals surface area contributed by atoms with E-state index in [1.54, 1.807) is 19.1 Å². The predicted octanol–water partition coefficient (Wildman–Crippen LogP) is 2.58. The molecule has 0 fully saturated rings. The topological polar surface area (TPSA) is 54.4 Å². The van der Waals surface area contributed by atoms with Crippen molar-refractivity contribution in [3.8, 4) is 0 Å². The van der Waals surface area contributed by atoms with Gasteiger partial charge in [0.25, 0.3) is 10.1 Å². The zero-order valence-electron chi connectivity index (χ0n) is 9.03. The fraction of sp³-hybridized carbons (Fsp3) is 0.455. The van der Waals surface area contributed by atoms with Crippen LogP contribution in [-0.2, 0) is 16.5 Å². The van der Waals surface area contributed by atoms with Crippen LogP contribution in [0.25, 0.3) is 0 Å². The highest BCUT2D eigenvalue weighted by atomic mass is 32.2. The third kappa shape index (κ3) is 3.04. The summed E-state index contributed by atoms with van der Waals surface area (Å²) in [5.41, 5.74) is 1.31. The van der Waals surface area contributed by atoms with Crippen LogP contribution in [0.4, 0.5) is 0 Å². The van der Waals surface area contributed by atoms with Crippen LogP contribution in [0.3, 0.4) is 0 Å². The molecule has 0 saturated heterocycles. The molecule has 0 saturated carbocycles. The summed E-state index contributed by atoms with van der Waals surface area (Å²) in [5.74, 6) is 0. The van der Waals surface area contributed by atoms with E-state index < -0.39 is 10.1 Å². The van der Waals surface area contributed by atoms with E-state index in [1.165, 1.54) is 0 Å². The molecule has 0 amide bonds. The molecule has 0 aliphatic carbocycles. The van der Waals surface area contributed by atoms with Gasteiger partial charge in [-0.05, 0) is 30.9 Å². The Balaban J connectivity index is 3.21. The van der Waals surface area contributed by atoms with Gasteiger partial charge in [0.05, 0.1) is 4.90 Å². The Kier molecular flexibility index (Phi) is 3.88. The van der Waals surface area contributed by atoms with Crippen LogP contribution in [0.2, 0.25) is 0 Å². The number of aryl methyl sites for hydroxylation is 2. The maximum absolute atomic E-state index is 11.2. The average Bonchev–Trinajstić information content (AvgIpc) is 2.12. The summed E-state index contributed by atoms with van der Waals surface area (Å²) in [5, 5.41) is 0. The molecular formula is C11H16O3S. The number of rotatable bonds is 4. The normalized spacial score (nSPS) is 11.7. The first-order chi connectivity index (χ1) is 6.96. The fourth-order valence-electron chi connectivity index (χ4n) is 1.65. The van der Waals surface area contributed by atoms with Gasteiger partial charge < -0.3 is 0 Å². The van der Waals surface area contributed by atoms with E-state index in [-0.39, 0.29) is 4.90 Å². The quantitative estimate of drug-likeness (QED) is 0.806. The third-order valence-corrected chi connectivity index (χ3v) is 3.45. The smallest absolute Gasteiger partial charge is 0.282 e. The summed E-state index contributed by atoms with van der Waals surface area (Å²) in [6.07, 6.45) is 2.61. The number of hydrogen-bond acceptors (Lipinski definition) is 2. The Bertz CT molecular complexity index is 435. The van der Waals surface area contributed by atoms with Gasteiger partial charge in [0.1, 0.15) is 0 Å². The summed E-state index contributed by atoms with van der Waals surface area (Å²) < 4.78 is 31.5. The molecule has 84 valence electrons. The standard InChI is InChI=1S/C11H16O3S/c1-3-4-7-10-8-5-6-9(2)11(10)15(12,13)14/h5-6,8H,3-4,7H2,1-2H3,(H,12,13,14). The Morgan fingerprint density at radius 2 is 2.00 bits per heavy atom. The van der Waals surface area contributed by atoms with E-state index in [2.05, 4.69) is 0 Å². The van der Waals surface area contributed by atoms with Gasteiger partial charge in [-0.2, -0.15) is 8.42 Å². The Hall–Kier alpha value is -0.870. The molecule has 3 nitrogen and oxygen atoms in total. The highest BCUT2D eigenvalue weighted by Crippen LogP contribution is 2.21. The fourth-order valence-corrected chi connectivity index (χ4v) is 2.62. The number of unbranched alkanes of at least 4 members (excludes halogenated alkanes) is 1. The summed E-state index contributed by atoms with van der Waals surface area (Å²) in [6, 6.07) is 5.26. The summed E-state index contributed by atoms with van der Waals surface area (Å²) in [7, 11) is -4.09. The molecule has 0 aliphatic heterocycles. The van der Waals surface area contributed by atoms with Crippen LogP contribution >= 0.6 is 0 Å². The van der Waals surface area contributed by atoms with Crippen molar-refractivity contribution in [1.29, 1.82) is 0 Å². The van der Waals surface area contributed by atoms with Crippen LogP contribution in [0, 0.1) is 6.92 Å². The van der Waals surface area contributed by atoms with Crippen molar-refractivity contribution in [2.24, 2.45) is 0 Å². The van der Waals surface area contributed by atoms with E-state index in [1.807, 2.05) is 13.0 Å². The van der Waals surface area contributed by atoms with Gasteiger partial charge >= 0.3 is 0 Å². The second kappa shape index (κ2) is 4.77. The van der Waals surface area contributed by atoms with Gasteiger partial charge in [0, 0.05) is 0 Å². The van der Waals surface area contributed by atoms with Crippen LogP contribution < -0.4 is 0 Å². The van der Waals surface area contributed by atoms with Crippen LogP contribution in [-0.4, -0.2) is 13.0 Å². The molecule has 1 rings (SSSR count). The molecule has 4 heteroatoms. The lowest BCUT2D eigenvalue weighted by Crippen LogP contribution is -2.05. The molecule has 0 aliphatic rings. The van der Waals surface area contributed by atoms with E-state index in [9.17, 15) is 8.42 Å². The highest BCUT2D eigenvalue weighted by Gasteiger charge is 2.17. The maximum Gasteiger partial charge on any atom is 0.295 e. The molecule has 0 radical (unpaired) electrons. The van der Waals surface area contributed by atoms with E-state index in [4.69, 9.17) is 4.55 Å². The number of benzene rings is 1. The second-order valence-electron chi connectivity index (χ2n) is 3.64. The van der Waals surface area contributed by atoms with E-state index in [0.717, 1.165) is 12.8 Å². The van der Waals surface area contributed by atoms with Gasteiger partial charge in [-0.15, -0.1) is 0 Å². The molecule has 1 aromatic carbocycles. The monoisotopic (exact) mass is 228 g/mol. The lowest BCUT2D eigenvalue weighted by Gasteiger charge is -2.09. The van der Waals surface area contributed by atoms with Crippen LogP contribution in [0.5, 0.6) is 0 Å². The number of hydrogen-bond donors (Lipinski definition) is 1. The van der Waals surface area contributed by atoms with Crippen molar-refractivity contribution in [1.82, 2.24) is 0 Å². The lowest BCUT2D eigenvalue weighted by molar-refractivity contribution is 0.481. The predicted molar refractivity (Wildman–Crippen MR) is 59.6 cm³/mol. The minimum Gasteiger partial charge on any atom is -0.282 e. The largest absolute Gasteiger partial charge is 0.295 e. The summed E-state index contributed by atoms with van der Waals surface area (Å²) in [4.78, 5) is 0.0819. The molecule has 0 heterocycles. The van der Waals surface area contributed by atoms with Crippen LogP contribution in [0.1, 0.15) is 30.9 Å². The van der Waals surface area contributed by atoms with Crippen molar-refractivity contribution in [3.05, 3.63) is 29.3 Å². The SMILES string of the molecule is CCCCc1cccc(C)c1S(=O)(=O)O. The minimum absolute atomic E-state index is 0.0819. The van der Waals surface area contributed by atoms with Gasteiger partial charge in [-0.25, -0.2) is 0 Å². The first-order valence-electron chi connectivity index (χ1n) is 5.02.